The van der Waals surface area contributed by atoms with Crippen LogP contribution in [0.5, 0.6) is 5.75 Å². The van der Waals surface area contributed by atoms with Gasteiger partial charge in [0.2, 0.25) is 0 Å². The number of hydrogen-bond acceptors (Lipinski definition) is 4. The molecule has 0 radical (unpaired) electrons. The lowest BCUT2D eigenvalue weighted by molar-refractivity contribution is -0.0500. The van der Waals surface area contributed by atoms with Crippen molar-refractivity contribution in [3.63, 3.8) is 0 Å². The van der Waals surface area contributed by atoms with Crippen LogP contribution in [-0.4, -0.2) is 42.1 Å². The Kier molecular flexibility index (Phi) is 5.80. The van der Waals surface area contributed by atoms with E-state index in [1.165, 1.54) is 31.4 Å². The molecule has 1 N–H and O–H groups in total. The molecule has 3 rings (SSSR count). The summed E-state index contributed by atoms with van der Waals surface area (Å²) in [5.41, 5.74) is 0.786. The Morgan fingerprint density at radius 1 is 1.28 bits per heavy atom. The summed E-state index contributed by atoms with van der Waals surface area (Å²) in [5, 5.41) is 9.67. The van der Waals surface area contributed by atoms with E-state index >= 15 is 0 Å². The van der Waals surface area contributed by atoms with Crippen LogP contribution in [0.25, 0.3) is 10.9 Å². The maximum absolute atomic E-state index is 13.2. The molecule has 0 unspecified atom stereocenters. The minimum Gasteiger partial charge on any atom is -0.465 e. The molecular weight excluding hydrogens is 474 g/mol. The highest BCUT2D eigenvalue weighted by Crippen LogP contribution is 2.30. The zero-order valence-corrected chi connectivity index (χ0v) is 17.3. The van der Waals surface area contributed by atoms with Gasteiger partial charge in [0, 0.05) is 29.2 Å². The van der Waals surface area contributed by atoms with Gasteiger partial charge in [-0.25, -0.2) is 17.2 Å². The van der Waals surface area contributed by atoms with Crippen molar-refractivity contribution < 1.29 is 31.8 Å². The molecule has 1 heterocycles. The van der Waals surface area contributed by atoms with Crippen molar-refractivity contribution in [1.82, 2.24) is 8.87 Å². The van der Waals surface area contributed by atoms with Crippen molar-refractivity contribution in [2.75, 3.05) is 7.05 Å². The number of aromatic nitrogens is 1. The molecule has 0 aliphatic heterocycles. The van der Waals surface area contributed by atoms with Gasteiger partial charge in [-0.3, -0.25) is 0 Å². The maximum atomic E-state index is 13.2. The summed E-state index contributed by atoms with van der Waals surface area (Å²) in [4.78, 5) is 11.9. The summed E-state index contributed by atoms with van der Waals surface area (Å²) in [6.07, 6.45) is 0.162. The van der Waals surface area contributed by atoms with Crippen molar-refractivity contribution in [3.05, 3.63) is 58.7 Å². The summed E-state index contributed by atoms with van der Waals surface area (Å²) in [5.74, 6) is -0.287. The first-order valence-corrected chi connectivity index (χ1v) is 10.4. The Bertz CT molecular complexity index is 1180. The first kappa shape index (κ1) is 21.1. The maximum Gasteiger partial charge on any atom is 0.407 e. The largest absolute Gasteiger partial charge is 0.465 e. The minimum atomic E-state index is -4.17. The number of halogens is 3. The highest BCUT2D eigenvalue weighted by Gasteiger charge is 2.23. The van der Waals surface area contributed by atoms with E-state index in [4.69, 9.17) is 5.11 Å². The number of benzene rings is 2. The monoisotopic (exact) mass is 488 g/mol. The van der Waals surface area contributed by atoms with Crippen LogP contribution in [0.4, 0.5) is 13.6 Å². The third kappa shape index (κ3) is 4.35. The van der Waals surface area contributed by atoms with Crippen molar-refractivity contribution >= 4 is 42.9 Å². The summed E-state index contributed by atoms with van der Waals surface area (Å²) in [6, 6.07) is 9.76. The van der Waals surface area contributed by atoms with E-state index < -0.39 is 22.7 Å². The highest BCUT2D eigenvalue weighted by atomic mass is 79.9. The molecule has 3 aromatic rings. The number of alkyl halides is 2. The van der Waals surface area contributed by atoms with Crippen molar-refractivity contribution in [3.8, 4) is 5.75 Å². The van der Waals surface area contributed by atoms with Gasteiger partial charge >= 0.3 is 12.7 Å². The van der Waals surface area contributed by atoms with E-state index in [0.717, 1.165) is 14.9 Å². The van der Waals surface area contributed by atoms with E-state index in [0.29, 0.717) is 20.9 Å². The average Bonchev–Trinajstić information content (AvgIpc) is 2.99. The van der Waals surface area contributed by atoms with Gasteiger partial charge in [-0.15, -0.1) is 0 Å². The van der Waals surface area contributed by atoms with Crippen LogP contribution >= 0.6 is 15.9 Å². The SMILES string of the molecule is CN(Cc1cn(S(=O)(=O)c2cccc(OC(F)F)c2)c2cc(Br)ccc12)C(=O)O. The van der Waals surface area contributed by atoms with Crippen LogP contribution in [0.3, 0.4) is 0 Å². The van der Waals surface area contributed by atoms with Gasteiger partial charge in [-0.2, -0.15) is 8.78 Å². The molecule has 0 fully saturated rings. The number of rotatable bonds is 6. The molecule has 1 amide bonds. The van der Waals surface area contributed by atoms with Crippen molar-refractivity contribution in [1.29, 1.82) is 0 Å². The molecule has 29 heavy (non-hydrogen) atoms. The molecule has 2 aromatic carbocycles. The zero-order valence-electron chi connectivity index (χ0n) is 14.9. The second kappa shape index (κ2) is 7.99. The third-order valence-corrected chi connectivity index (χ3v) is 6.30. The van der Waals surface area contributed by atoms with Gasteiger partial charge in [0.15, 0.2) is 0 Å². The normalized spacial score (nSPS) is 11.8. The van der Waals surface area contributed by atoms with Crippen LogP contribution in [0.2, 0.25) is 0 Å². The van der Waals surface area contributed by atoms with Crippen LogP contribution in [-0.2, 0) is 16.6 Å². The van der Waals surface area contributed by atoms with Crippen molar-refractivity contribution in [2.24, 2.45) is 0 Å². The van der Waals surface area contributed by atoms with E-state index in [1.54, 1.807) is 18.2 Å². The van der Waals surface area contributed by atoms with E-state index in [2.05, 4.69) is 20.7 Å². The van der Waals surface area contributed by atoms with Gasteiger partial charge in [0.25, 0.3) is 10.0 Å². The molecule has 11 heteroatoms. The molecule has 0 bridgehead atoms. The molecule has 0 atom stereocenters. The van der Waals surface area contributed by atoms with Crippen LogP contribution < -0.4 is 4.74 Å². The second-order valence-electron chi connectivity index (χ2n) is 6.11. The van der Waals surface area contributed by atoms with Gasteiger partial charge in [0.1, 0.15) is 5.75 Å². The second-order valence-corrected chi connectivity index (χ2v) is 8.84. The van der Waals surface area contributed by atoms with Crippen LogP contribution in [0.1, 0.15) is 5.56 Å². The number of carboxylic acid groups (broad SMARTS) is 1. The molecule has 0 saturated heterocycles. The molecular formula is C18H15BrF2N2O5S. The number of nitrogens with zero attached hydrogens (tertiary/aromatic N) is 2. The standard InChI is InChI=1S/C18H15BrF2N2O5S/c1-22(18(24)25)9-11-10-23(16-7-12(19)5-6-15(11)16)29(26,27)14-4-2-3-13(8-14)28-17(20)21/h2-8,10,17H,9H2,1H3,(H,24,25). The Morgan fingerprint density at radius 2 is 2.00 bits per heavy atom. The predicted octanol–water partition coefficient (Wildman–Crippen LogP) is 4.35. The average molecular weight is 489 g/mol. The molecule has 1 aromatic heterocycles. The fraction of sp³-hybridized carbons (Fsp3) is 0.167. The molecule has 7 nitrogen and oxygen atoms in total. The van der Waals surface area contributed by atoms with Gasteiger partial charge in [-0.05, 0) is 29.8 Å². The van der Waals surface area contributed by atoms with Crippen LogP contribution in [0.15, 0.2) is 58.0 Å². The van der Waals surface area contributed by atoms with E-state index in [-0.39, 0.29) is 17.2 Å². The quantitative estimate of drug-likeness (QED) is 0.556. The Morgan fingerprint density at radius 3 is 2.66 bits per heavy atom. The fourth-order valence-electron chi connectivity index (χ4n) is 2.81. The highest BCUT2D eigenvalue weighted by molar-refractivity contribution is 9.10. The Balaban J connectivity index is 2.15. The number of amides is 1. The molecule has 0 aliphatic carbocycles. The molecule has 0 aliphatic rings. The molecule has 0 saturated carbocycles. The minimum absolute atomic E-state index is 0.0372. The number of ether oxygens (including phenoxy) is 1. The zero-order chi connectivity index (χ0) is 21.3. The number of carbonyl (C=O) groups is 1. The first-order chi connectivity index (χ1) is 13.6. The van der Waals surface area contributed by atoms with Gasteiger partial charge in [0.05, 0.1) is 17.0 Å². The third-order valence-electron chi connectivity index (χ3n) is 4.14. The topological polar surface area (TPSA) is 88.8 Å². The lowest BCUT2D eigenvalue weighted by Gasteiger charge is -2.11. The van der Waals surface area contributed by atoms with Crippen molar-refractivity contribution in [2.45, 2.75) is 18.1 Å². The van der Waals surface area contributed by atoms with Gasteiger partial charge in [-0.1, -0.05) is 28.1 Å². The first-order valence-electron chi connectivity index (χ1n) is 8.13. The predicted molar refractivity (Wildman–Crippen MR) is 105 cm³/mol. The number of hydrogen-bond donors (Lipinski definition) is 1. The lowest BCUT2D eigenvalue weighted by Crippen LogP contribution is -2.23. The van der Waals surface area contributed by atoms with Crippen LogP contribution in [0, 0.1) is 0 Å². The van der Waals surface area contributed by atoms with Gasteiger partial charge < -0.3 is 14.7 Å². The lowest BCUT2D eigenvalue weighted by atomic mass is 10.2. The smallest absolute Gasteiger partial charge is 0.407 e. The van der Waals surface area contributed by atoms with E-state index in [1.807, 2.05) is 0 Å². The summed E-state index contributed by atoms with van der Waals surface area (Å²) >= 11 is 3.30. The summed E-state index contributed by atoms with van der Waals surface area (Å²) in [6.45, 7) is -3.13. The summed E-state index contributed by atoms with van der Waals surface area (Å²) in [7, 11) is -2.81. The number of fused-ring (bicyclic) bond motifs is 1. The Hall–Kier alpha value is -2.66. The Labute approximate surface area is 173 Å². The summed E-state index contributed by atoms with van der Waals surface area (Å²) < 4.78 is 57.3. The molecule has 0 spiro atoms. The van der Waals surface area contributed by atoms with E-state index in [9.17, 15) is 22.0 Å². The fourth-order valence-corrected chi connectivity index (χ4v) is 4.58. The molecule has 154 valence electrons.